The molecule has 0 saturated carbocycles. The van der Waals surface area contributed by atoms with E-state index in [0.717, 1.165) is 24.2 Å². The summed E-state index contributed by atoms with van der Waals surface area (Å²) in [7, 11) is 0. The number of hydrogen-bond acceptors (Lipinski definition) is 3. The van der Waals surface area contributed by atoms with Gasteiger partial charge >= 0.3 is 0 Å². The van der Waals surface area contributed by atoms with Crippen LogP contribution in [0.2, 0.25) is 0 Å². The molecule has 0 heterocycles. The van der Waals surface area contributed by atoms with Gasteiger partial charge in [0.1, 0.15) is 0 Å². The Morgan fingerprint density at radius 2 is 1.92 bits per heavy atom. The van der Waals surface area contributed by atoms with E-state index in [1.807, 2.05) is 24.3 Å². The van der Waals surface area contributed by atoms with Crippen molar-refractivity contribution in [2.24, 2.45) is 5.84 Å². The summed E-state index contributed by atoms with van der Waals surface area (Å²) in [5.74, 6) is 5.77. The van der Waals surface area contributed by atoms with Crippen molar-refractivity contribution >= 4 is 5.69 Å². The molecule has 3 N–H and O–H groups in total. The molecule has 0 saturated heterocycles. The van der Waals surface area contributed by atoms with Gasteiger partial charge < -0.3 is 10.1 Å². The van der Waals surface area contributed by atoms with E-state index < -0.39 is 0 Å². The molecule has 13 heavy (non-hydrogen) atoms. The van der Waals surface area contributed by atoms with Crippen molar-refractivity contribution in [3.05, 3.63) is 29.8 Å². The molecule has 0 fully saturated rings. The highest BCUT2D eigenvalue weighted by Crippen LogP contribution is 2.12. The highest BCUT2D eigenvalue weighted by molar-refractivity contribution is 5.45. The van der Waals surface area contributed by atoms with Crippen LogP contribution in [0.5, 0.6) is 0 Å². The Labute approximate surface area is 78.8 Å². The zero-order valence-electron chi connectivity index (χ0n) is 7.90. The lowest BCUT2D eigenvalue weighted by Crippen LogP contribution is -2.31. The third kappa shape index (κ3) is 2.72. The first-order valence-electron chi connectivity index (χ1n) is 4.50. The second kappa shape index (κ2) is 4.84. The second-order valence-corrected chi connectivity index (χ2v) is 3.02. The Hall–Kier alpha value is -1.06. The fourth-order valence-corrected chi connectivity index (χ4v) is 1.16. The van der Waals surface area contributed by atoms with Crippen LogP contribution >= 0.6 is 0 Å². The number of aliphatic hydroxyl groups excluding tert-OH is 1. The fourth-order valence-electron chi connectivity index (χ4n) is 1.16. The molecular formula is C10H16N2O. The normalized spacial score (nSPS) is 10.1. The maximum atomic E-state index is 8.83. The minimum atomic E-state index is 0.0820. The van der Waals surface area contributed by atoms with Crippen LogP contribution in [0.4, 0.5) is 5.69 Å². The summed E-state index contributed by atoms with van der Waals surface area (Å²) in [5.41, 5.74) is 1.90. The summed E-state index contributed by atoms with van der Waals surface area (Å²) in [6, 6.07) is 7.60. The molecule has 0 aliphatic rings. The average molecular weight is 180 g/mol. The van der Waals surface area contributed by atoms with Gasteiger partial charge in [-0.15, -0.1) is 0 Å². The van der Waals surface area contributed by atoms with Crippen molar-refractivity contribution in [2.45, 2.75) is 20.0 Å². The highest BCUT2D eigenvalue weighted by atomic mass is 16.3. The zero-order chi connectivity index (χ0) is 9.68. The molecule has 1 aromatic rings. The summed E-state index contributed by atoms with van der Waals surface area (Å²) in [4.78, 5) is 0. The van der Waals surface area contributed by atoms with Crippen LogP contribution in [-0.4, -0.2) is 11.7 Å². The van der Waals surface area contributed by atoms with E-state index in [-0.39, 0.29) is 6.61 Å². The van der Waals surface area contributed by atoms with E-state index in [4.69, 9.17) is 10.9 Å². The van der Waals surface area contributed by atoms with Crippen LogP contribution in [0.3, 0.4) is 0 Å². The molecule has 0 atom stereocenters. The zero-order valence-corrected chi connectivity index (χ0v) is 7.90. The van der Waals surface area contributed by atoms with Crippen LogP contribution in [0.1, 0.15) is 18.9 Å². The molecule has 0 aliphatic heterocycles. The lowest BCUT2D eigenvalue weighted by molar-refractivity contribution is 0.282. The minimum absolute atomic E-state index is 0.0820. The van der Waals surface area contributed by atoms with E-state index >= 15 is 0 Å². The third-order valence-corrected chi connectivity index (χ3v) is 1.92. The summed E-state index contributed by atoms with van der Waals surface area (Å²) in [6.45, 7) is 3.01. The Kier molecular flexibility index (Phi) is 3.73. The maximum absolute atomic E-state index is 8.83. The Morgan fingerprint density at radius 3 is 2.38 bits per heavy atom. The summed E-state index contributed by atoms with van der Waals surface area (Å²) < 4.78 is 0. The topological polar surface area (TPSA) is 49.5 Å². The van der Waals surface area contributed by atoms with Gasteiger partial charge in [0.05, 0.1) is 12.3 Å². The molecule has 3 nitrogen and oxygen atoms in total. The fraction of sp³-hybridized carbons (Fsp3) is 0.400. The van der Waals surface area contributed by atoms with E-state index in [0.29, 0.717) is 0 Å². The van der Waals surface area contributed by atoms with Gasteiger partial charge in [-0.1, -0.05) is 19.1 Å². The van der Waals surface area contributed by atoms with Crippen molar-refractivity contribution in [2.75, 3.05) is 11.6 Å². The molecule has 3 heteroatoms. The lowest BCUT2D eigenvalue weighted by Gasteiger charge is -2.17. The SMILES string of the molecule is CCCN(N)c1ccc(CO)cc1. The second-order valence-electron chi connectivity index (χ2n) is 3.02. The largest absolute Gasteiger partial charge is 0.392 e. The van der Waals surface area contributed by atoms with Crippen LogP contribution in [0.15, 0.2) is 24.3 Å². The third-order valence-electron chi connectivity index (χ3n) is 1.92. The monoisotopic (exact) mass is 180 g/mol. The number of aliphatic hydroxyl groups is 1. The standard InChI is InChI=1S/C10H16N2O/c1-2-7-12(11)10-5-3-9(8-13)4-6-10/h3-6,13H,2,7-8,11H2,1H3. The lowest BCUT2D eigenvalue weighted by atomic mass is 10.2. The molecule has 0 aliphatic carbocycles. The Balaban J connectivity index is 2.67. The van der Waals surface area contributed by atoms with Gasteiger partial charge in [-0.05, 0) is 24.1 Å². The van der Waals surface area contributed by atoms with Gasteiger partial charge in [0.15, 0.2) is 0 Å². The molecule has 0 spiro atoms. The van der Waals surface area contributed by atoms with Crippen molar-refractivity contribution < 1.29 is 5.11 Å². The first-order chi connectivity index (χ1) is 6.27. The maximum Gasteiger partial charge on any atom is 0.0681 e. The van der Waals surface area contributed by atoms with Crippen molar-refractivity contribution in [1.82, 2.24) is 0 Å². The van der Waals surface area contributed by atoms with E-state index in [1.165, 1.54) is 0 Å². The van der Waals surface area contributed by atoms with E-state index in [1.54, 1.807) is 5.01 Å². The smallest absolute Gasteiger partial charge is 0.0681 e. The first-order valence-corrected chi connectivity index (χ1v) is 4.50. The summed E-state index contributed by atoms with van der Waals surface area (Å²) in [6.07, 6.45) is 1.03. The van der Waals surface area contributed by atoms with Crippen molar-refractivity contribution in [1.29, 1.82) is 0 Å². The van der Waals surface area contributed by atoms with Crippen LogP contribution in [-0.2, 0) is 6.61 Å². The van der Waals surface area contributed by atoms with E-state index in [9.17, 15) is 0 Å². The molecule has 0 aromatic heterocycles. The average Bonchev–Trinajstić information content (AvgIpc) is 2.18. The Morgan fingerprint density at radius 1 is 1.31 bits per heavy atom. The molecule has 1 rings (SSSR count). The molecule has 0 radical (unpaired) electrons. The number of hydrazine groups is 1. The van der Waals surface area contributed by atoms with Gasteiger partial charge in [0, 0.05) is 6.54 Å². The van der Waals surface area contributed by atoms with Gasteiger partial charge in [-0.25, -0.2) is 5.84 Å². The number of anilines is 1. The molecular weight excluding hydrogens is 164 g/mol. The molecule has 0 bridgehead atoms. The number of hydrogen-bond donors (Lipinski definition) is 2. The van der Waals surface area contributed by atoms with Gasteiger partial charge in [-0.3, -0.25) is 0 Å². The molecule has 0 unspecified atom stereocenters. The molecule has 72 valence electrons. The van der Waals surface area contributed by atoms with Crippen molar-refractivity contribution in [3.8, 4) is 0 Å². The highest BCUT2D eigenvalue weighted by Gasteiger charge is 1.98. The van der Waals surface area contributed by atoms with Crippen LogP contribution in [0, 0.1) is 0 Å². The van der Waals surface area contributed by atoms with Crippen molar-refractivity contribution in [3.63, 3.8) is 0 Å². The quantitative estimate of drug-likeness (QED) is 0.542. The minimum Gasteiger partial charge on any atom is -0.392 e. The first kappa shape index (κ1) is 10.0. The van der Waals surface area contributed by atoms with Gasteiger partial charge in [0.2, 0.25) is 0 Å². The molecule has 1 aromatic carbocycles. The molecule has 0 amide bonds. The summed E-state index contributed by atoms with van der Waals surface area (Å²) >= 11 is 0. The van der Waals surface area contributed by atoms with Gasteiger partial charge in [-0.2, -0.15) is 0 Å². The van der Waals surface area contributed by atoms with E-state index in [2.05, 4.69) is 6.92 Å². The number of benzene rings is 1. The number of rotatable bonds is 4. The predicted octanol–water partition coefficient (Wildman–Crippen LogP) is 1.27. The Bertz CT molecular complexity index is 246. The van der Waals surface area contributed by atoms with Crippen LogP contribution in [0.25, 0.3) is 0 Å². The van der Waals surface area contributed by atoms with Gasteiger partial charge in [0.25, 0.3) is 0 Å². The number of nitrogens with zero attached hydrogens (tertiary/aromatic N) is 1. The summed E-state index contributed by atoms with van der Waals surface area (Å²) in [5, 5.41) is 10.5. The predicted molar refractivity (Wildman–Crippen MR) is 54.2 cm³/mol. The number of nitrogens with two attached hydrogens (primary N) is 1. The van der Waals surface area contributed by atoms with Crippen LogP contribution < -0.4 is 10.9 Å².